The van der Waals surface area contributed by atoms with E-state index in [0.717, 1.165) is 37.2 Å². The van der Waals surface area contributed by atoms with Crippen molar-refractivity contribution in [2.75, 3.05) is 26.6 Å². The van der Waals surface area contributed by atoms with E-state index in [0.29, 0.717) is 25.8 Å². The topological polar surface area (TPSA) is 68.8 Å². The lowest BCUT2D eigenvalue weighted by Crippen LogP contribution is -2.49. The molecule has 6 heteroatoms. The van der Waals surface area contributed by atoms with Crippen LogP contribution >= 0.6 is 0 Å². The summed E-state index contributed by atoms with van der Waals surface area (Å²) in [6, 6.07) is 6.41. The fourth-order valence-electron chi connectivity index (χ4n) is 4.64. The third-order valence-corrected chi connectivity index (χ3v) is 6.46. The molecule has 1 saturated heterocycles. The SMILES string of the molecule is O=C(NCC1(c2ccc3c(c2)OCO3)CCOCC1)NC1CCCCCCC1. The molecule has 2 amide bonds. The molecule has 2 fully saturated rings. The van der Waals surface area contributed by atoms with Crippen LogP contribution in [0.3, 0.4) is 0 Å². The lowest BCUT2D eigenvalue weighted by atomic mass is 9.74. The Morgan fingerprint density at radius 1 is 1.00 bits per heavy atom. The normalized spacial score (nSPS) is 22.1. The van der Waals surface area contributed by atoms with Crippen LogP contribution in [0.4, 0.5) is 4.79 Å². The van der Waals surface area contributed by atoms with Gasteiger partial charge in [-0.25, -0.2) is 4.79 Å². The summed E-state index contributed by atoms with van der Waals surface area (Å²) in [5.41, 5.74) is 1.06. The Labute approximate surface area is 167 Å². The zero-order valence-electron chi connectivity index (χ0n) is 16.6. The Morgan fingerprint density at radius 2 is 1.71 bits per heavy atom. The van der Waals surface area contributed by atoms with Crippen LogP contribution in [-0.2, 0) is 10.2 Å². The molecule has 4 rings (SSSR count). The molecule has 28 heavy (non-hydrogen) atoms. The van der Waals surface area contributed by atoms with Crippen LogP contribution < -0.4 is 20.1 Å². The quantitative estimate of drug-likeness (QED) is 0.821. The molecule has 6 nitrogen and oxygen atoms in total. The highest BCUT2D eigenvalue weighted by Gasteiger charge is 2.36. The third-order valence-electron chi connectivity index (χ3n) is 6.46. The highest BCUT2D eigenvalue weighted by molar-refractivity contribution is 5.74. The molecule has 0 bridgehead atoms. The Hall–Kier alpha value is -1.95. The fourth-order valence-corrected chi connectivity index (χ4v) is 4.64. The van der Waals surface area contributed by atoms with Gasteiger partial charge in [0.15, 0.2) is 11.5 Å². The Bertz CT molecular complexity index is 665. The second kappa shape index (κ2) is 9.03. The van der Waals surface area contributed by atoms with Crippen molar-refractivity contribution in [1.29, 1.82) is 0 Å². The number of rotatable bonds is 4. The van der Waals surface area contributed by atoms with Gasteiger partial charge in [-0.2, -0.15) is 0 Å². The van der Waals surface area contributed by atoms with Crippen molar-refractivity contribution in [2.24, 2.45) is 0 Å². The minimum Gasteiger partial charge on any atom is -0.454 e. The number of carbonyl (C=O) groups excluding carboxylic acids is 1. The number of amides is 2. The van der Waals surface area contributed by atoms with Crippen molar-refractivity contribution >= 4 is 6.03 Å². The summed E-state index contributed by atoms with van der Waals surface area (Å²) in [6.07, 6.45) is 10.3. The summed E-state index contributed by atoms with van der Waals surface area (Å²) in [6.45, 7) is 2.30. The van der Waals surface area contributed by atoms with Crippen molar-refractivity contribution in [3.8, 4) is 11.5 Å². The Balaban J connectivity index is 1.40. The maximum atomic E-state index is 12.6. The first-order valence-electron chi connectivity index (χ1n) is 10.8. The first-order chi connectivity index (χ1) is 13.8. The van der Waals surface area contributed by atoms with Gasteiger partial charge in [0.1, 0.15) is 0 Å². The van der Waals surface area contributed by atoms with Gasteiger partial charge in [-0.05, 0) is 43.4 Å². The maximum Gasteiger partial charge on any atom is 0.315 e. The molecular formula is C22H32N2O4. The molecule has 0 unspecified atom stereocenters. The van der Waals surface area contributed by atoms with Crippen LogP contribution in [0.5, 0.6) is 11.5 Å². The molecule has 2 aliphatic heterocycles. The second-order valence-corrected chi connectivity index (χ2v) is 8.33. The predicted octanol–water partition coefficient (Wildman–Crippen LogP) is 3.88. The first kappa shape index (κ1) is 19.4. The summed E-state index contributed by atoms with van der Waals surface area (Å²) in [4.78, 5) is 12.6. The predicted molar refractivity (Wildman–Crippen MR) is 107 cm³/mol. The van der Waals surface area contributed by atoms with Gasteiger partial charge in [-0.3, -0.25) is 0 Å². The van der Waals surface area contributed by atoms with E-state index < -0.39 is 0 Å². The molecule has 2 N–H and O–H groups in total. The van der Waals surface area contributed by atoms with Gasteiger partial charge in [0, 0.05) is 31.2 Å². The maximum absolute atomic E-state index is 12.6. The van der Waals surface area contributed by atoms with Crippen LogP contribution in [-0.4, -0.2) is 38.6 Å². The zero-order valence-corrected chi connectivity index (χ0v) is 16.6. The molecule has 0 atom stereocenters. The van der Waals surface area contributed by atoms with Gasteiger partial charge in [-0.15, -0.1) is 0 Å². The van der Waals surface area contributed by atoms with Gasteiger partial charge in [0.05, 0.1) is 0 Å². The van der Waals surface area contributed by atoms with E-state index in [2.05, 4.69) is 22.8 Å². The molecule has 1 saturated carbocycles. The largest absolute Gasteiger partial charge is 0.454 e. The molecule has 1 aromatic carbocycles. The number of urea groups is 1. The van der Waals surface area contributed by atoms with E-state index in [-0.39, 0.29) is 18.2 Å². The molecule has 1 aromatic rings. The summed E-state index contributed by atoms with van der Waals surface area (Å²) in [5, 5.41) is 6.38. The zero-order chi connectivity index (χ0) is 19.2. The Morgan fingerprint density at radius 3 is 2.50 bits per heavy atom. The highest BCUT2D eigenvalue weighted by Crippen LogP contribution is 2.40. The lowest BCUT2D eigenvalue weighted by molar-refractivity contribution is 0.0505. The smallest absolute Gasteiger partial charge is 0.315 e. The van der Waals surface area contributed by atoms with Crippen molar-refractivity contribution in [3.63, 3.8) is 0 Å². The lowest BCUT2D eigenvalue weighted by Gasteiger charge is -2.38. The molecule has 0 radical (unpaired) electrons. The fraction of sp³-hybridized carbons (Fsp3) is 0.682. The number of carbonyl (C=O) groups is 1. The van der Waals surface area contributed by atoms with Gasteiger partial charge >= 0.3 is 6.03 Å². The van der Waals surface area contributed by atoms with Crippen molar-refractivity contribution in [3.05, 3.63) is 23.8 Å². The third kappa shape index (κ3) is 4.54. The minimum atomic E-state index is -0.127. The van der Waals surface area contributed by atoms with E-state index in [1.807, 2.05) is 6.07 Å². The first-order valence-corrected chi connectivity index (χ1v) is 10.8. The number of benzene rings is 1. The second-order valence-electron chi connectivity index (χ2n) is 8.33. The molecular weight excluding hydrogens is 356 g/mol. The standard InChI is InChI=1S/C22H32N2O4/c25-21(24-18-6-4-2-1-3-5-7-18)23-15-22(10-12-26-13-11-22)17-8-9-19-20(14-17)28-16-27-19/h8-9,14,18H,1-7,10-13,15-16H2,(H2,23,24,25). The summed E-state index contributed by atoms with van der Waals surface area (Å²) < 4.78 is 16.6. The number of nitrogens with one attached hydrogen (secondary N) is 2. The van der Waals surface area contributed by atoms with Crippen LogP contribution in [0.15, 0.2) is 18.2 Å². The van der Waals surface area contributed by atoms with Crippen LogP contribution in [0, 0.1) is 0 Å². The number of hydrogen-bond acceptors (Lipinski definition) is 4. The number of fused-ring (bicyclic) bond motifs is 1. The van der Waals surface area contributed by atoms with E-state index in [4.69, 9.17) is 14.2 Å². The van der Waals surface area contributed by atoms with E-state index in [1.54, 1.807) is 0 Å². The summed E-state index contributed by atoms with van der Waals surface area (Å²) >= 11 is 0. The van der Waals surface area contributed by atoms with Crippen LogP contribution in [0.2, 0.25) is 0 Å². The van der Waals surface area contributed by atoms with Crippen molar-refractivity contribution in [1.82, 2.24) is 10.6 Å². The average Bonchev–Trinajstić information content (AvgIpc) is 3.17. The molecule has 0 aromatic heterocycles. The van der Waals surface area contributed by atoms with E-state index in [1.165, 1.54) is 37.7 Å². The highest BCUT2D eigenvalue weighted by atomic mass is 16.7. The van der Waals surface area contributed by atoms with Gasteiger partial charge in [0.25, 0.3) is 0 Å². The minimum absolute atomic E-state index is 0.0443. The van der Waals surface area contributed by atoms with E-state index in [9.17, 15) is 4.79 Å². The van der Waals surface area contributed by atoms with Gasteiger partial charge < -0.3 is 24.8 Å². The number of ether oxygens (including phenoxy) is 3. The number of hydrogen-bond donors (Lipinski definition) is 2. The van der Waals surface area contributed by atoms with Gasteiger partial charge in [-0.1, -0.05) is 38.2 Å². The summed E-state index contributed by atoms with van der Waals surface area (Å²) in [7, 11) is 0. The van der Waals surface area contributed by atoms with Crippen molar-refractivity contribution < 1.29 is 19.0 Å². The van der Waals surface area contributed by atoms with Crippen LogP contribution in [0.25, 0.3) is 0 Å². The molecule has 3 aliphatic rings. The van der Waals surface area contributed by atoms with Crippen molar-refractivity contribution in [2.45, 2.75) is 69.2 Å². The summed E-state index contributed by atoms with van der Waals surface area (Å²) in [5.74, 6) is 1.59. The van der Waals surface area contributed by atoms with Crippen LogP contribution in [0.1, 0.15) is 63.4 Å². The molecule has 2 heterocycles. The van der Waals surface area contributed by atoms with Gasteiger partial charge in [0.2, 0.25) is 6.79 Å². The molecule has 1 aliphatic carbocycles. The average molecular weight is 389 g/mol. The molecule has 154 valence electrons. The molecule has 0 spiro atoms. The Kier molecular flexibility index (Phi) is 6.25. The van der Waals surface area contributed by atoms with E-state index >= 15 is 0 Å². The monoisotopic (exact) mass is 388 g/mol.